The Morgan fingerprint density at radius 3 is 2.59 bits per heavy atom. The van der Waals surface area contributed by atoms with E-state index in [9.17, 15) is 0 Å². The summed E-state index contributed by atoms with van der Waals surface area (Å²) < 4.78 is 11.8. The van der Waals surface area contributed by atoms with Gasteiger partial charge in [0.05, 0.1) is 12.8 Å². The highest BCUT2D eigenvalue weighted by atomic mass is 32.1. The Kier molecular flexibility index (Phi) is 7.41. The van der Waals surface area contributed by atoms with Crippen molar-refractivity contribution in [2.75, 3.05) is 13.2 Å². The summed E-state index contributed by atoms with van der Waals surface area (Å²) in [6.45, 7) is 5.69. The van der Waals surface area contributed by atoms with E-state index in [0.29, 0.717) is 29.8 Å². The third kappa shape index (κ3) is 5.93. The molecule has 2 N–H and O–H groups in total. The summed E-state index contributed by atoms with van der Waals surface area (Å²) in [5, 5.41) is 10.0. The van der Waals surface area contributed by atoms with E-state index in [0.717, 1.165) is 17.7 Å². The van der Waals surface area contributed by atoms with E-state index in [1.54, 1.807) is 6.21 Å². The highest BCUT2D eigenvalue weighted by Crippen LogP contribution is 2.29. The molecular weight excluding hydrogens is 382 g/mol. The molecule has 0 aromatic heterocycles. The van der Waals surface area contributed by atoms with Crippen molar-refractivity contribution in [2.24, 2.45) is 5.10 Å². The molecule has 0 aliphatic carbocycles. The van der Waals surface area contributed by atoms with Gasteiger partial charge < -0.3 is 14.8 Å². The second-order valence-corrected chi connectivity index (χ2v) is 6.75. The van der Waals surface area contributed by atoms with Gasteiger partial charge in [0.2, 0.25) is 0 Å². The van der Waals surface area contributed by atoms with Crippen molar-refractivity contribution in [3.63, 3.8) is 0 Å². The van der Waals surface area contributed by atoms with Crippen molar-refractivity contribution >= 4 is 34.3 Å². The van der Waals surface area contributed by atoms with Crippen molar-refractivity contribution in [1.29, 1.82) is 0 Å². The second-order valence-electron chi connectivity index (χ2n) is 6.34. The van der Waals surface area contributed by atoms with Crippen LogP contribution in [0.4, 0.5) is 0 Å². The smallest absolute Gasteiger partial charge is 0.186 e. The Labute approximate surface area is 176 Å². The minimum Gasteiger partial charge on any atom is -0.490 e. The minimum absolute atomic E-state index is 0.469. The average Bonchev–Trinajstić information content (AvgIpc) is 2.73. The van der Waals surface area contributed by atoms with Crippen LogP contribution in [0.2, 0.25) is 0 Å². The van der Waals surface area contributed by atoms with E-state index in [1.807, 2.05) is 44.2 Å². The molecule has 150 valence electrons. The molecule has 0 atom stereocenters. The first-order chi connectivity index (χ1) is 14.2. The predicted molar refractivity (Wildman–Crippen MR) is 123 cm³/mol. The molecule has 29 heavy (non-hydrogen) atoms. The van der Waals surface area contributed by atoms with Crippen molar-refractivity contribution in [2.45, 2.75) is 20.5 Å². The van der Waals surface area contributed by atoms with Crippen LogP contribution in [0.15, 0.2) is 65.8 Å². The molecule has 0 saturated carbocycles. The lowest BCUT2D eigenvalue weighted by Crippen LogP contribution is -2.31. The number of ether oxygens (including phenoxy) is 2. The van der Waals surface area contributed by atoms with Gasteiger partial charge in [0.1, 0.15) is 6.61 Å². The summed E-state index contributed by atoms with van der Waals surface area (Å²) in [5.74, 6) is 1.39. The monoisotopic (exact) mass is 407 g/mol. The molecule has 0 aliphatic rings. The fourth-order valence-corrected chi connectivity index (χ4v) is 3.04. The molecule has 0 radical (unpaired) electrons. The van der Waals surface area contributed by atoms with Gasteiger partial charge in [-0.05, 0) is 72.2 Å². The lowest BCUT2D eigenvalue weighted by atomic mass is 10.1. The van der Waals surface area contributed by atoms with Gasteiger partial charge in [-0.2, -0.15) is 5.10 Å². The Morgan fingerprint density at radius 1 is 0.966 bits per heavy atom. The minimum atomic E-state index is 0.469. The summed E-state index contributed by atoms with van der Waals surface area (Å²) >= 11 is 5.09. The molecule has 0 heterocycles. The predicted octanol–water partition coefficient (Wildman–Crippen LogP) is 4.64. The zero-order valence-corrected chi connectivity index (χ0v) is 17.5. The molecule has 0 aliphatic heterocycles. The van der Waals surface area contributed by atoms with Gasteiger partial charge in [0.15, 0.2) is 16.6 Å². The van der Waals surface area contributed by atoms with E-state index < -0.39 is 0 Å². The Hall–Kier alpha value is -3.12. The Morgan fingerprint density at radius 2 is 1.79 bits per heavy atom. The van der Waals surface area contributed by atoms with Crippen molar-refractivity contribution in [1.82, 2.24) is 10.7 Å². The highest BCUT2D eigenvalue weighted by Gasteiger charge is 2.07. The van der Waals surface area contributed by atoms with Crippen molar-refractivity contribution in [3.05, 3.63) is 71.8 Å². The zero-order valence-electron chi connectivity index (χ0n) is 16.6. The van der Waals surface area contributed by atoms with Crippen LogP contribution in [0.1, 0.15) is 25.0 Å². The van der Waals surface area contributed by atoms with E-state index in [4.69, 9.17) is 21.7 Å². The van der Waals surface area contributed by atoms with Crippen LogP contribution in [-0.2, 0) is 6.61 Å². The van der Waals surface area contributed by atoms with E-state index in [-0.39, 0.29) is 0 Å². The van der Waals surface area contributed by atoms with Crippen LogP contribution in [-0.4, -0.2) is 24.5 Å². The summed E-state index contributed by atoms with van der Waals surface area (Å²) in [7, 11) is 0. The quantitative estimate of drug-likeness (QED) is 0.324. The lowest BCUT2D eigenvalue weighted by molar-refractivity contribution is 0.269. The van der Waals surface area contributed by atoms with Crippen LogP contribution in [0.3, 0.4) is 0 Å². The van der Waals surface area contributed by atoms with E-state index >= 15 is 0 Å². The molecule has 0 fully saturated rings. The Bertz CT molecular complexity index is 1000. The first kappa shape index (κ1) is 20.6. The first-order valence-electron chi connectivity index (χ1n) is 9.63. The third-order valence-electron chi connectivity index (χ3n) is 4.19. The summed E-state index contributed by atoms with van der Waals surface area (Å²) in [6, 6.07) is 20.4. The van der Waals surface area contributed by atoms with E-state index in [2.05, 4.69) is 46.2 Å². The number of rotatable bonds is 8. The topological polar surface area (TPSA) is 54.9 Å². The molecular formula is C23H25N3O2S. The number of hydrazone groups is 1. The molecule has 5 nitrogen and oxygen atoms in total. The largest absolute Gasteiger partial charge is 0.490 e. The number of hydrogen-bond donors (Lipinski definition) is 2. The zero-order chi connectivity index (χ0) is 20.5. The van der Waals surface area contributed by atoms with Crippen LogP contribution < -0.4 is 20.2 Å². The molecule has 0 bridgehead atoms. The third-order valence-corrected chi connectivity index (χ3v) is 4.43. The molecule has 0 saturated heterocycles. The van der Waals surface area contributed by atoms with Crippen LogP contribution in [0, 0.1) is 0 Å². The number of benzene rings is 3. The number of hydrogen-bond acceptors (Lipinski definition) is 4. The molecule has 0 unspecified atom stereocenters. The van der Waals surface area contributed by atoms with Crippen molar-refractivity contribution in [3.8, 4) is 11.5 Å². The number of nitrogens with zero attached hydrogens (tertiary/aromatic N) is 1. The Balaban J connectivity index is 1.69. The van der Waals surface area contributed by atoms with Gasteiger partial charge in [0, 0.05) is 6.54 Å². The van der Waals surface area contributed by atoms with Crippen LogP contribution in [0.25, 0.3) is 10.8 Å². The van der Waals surface area contributed by atoms with Crippen molar-refractivity contribution < 1.29 is 9.47 Å². The number of nitrogens with one attached hydrogen (secondary N) is 2. The number of thiocarbonyl (C=S) groups is 1. The summed E-state index contributed by atoms with van der Waals surface area (Å²) in [5.41, 5.74) is 4.77. The number of fused-ring (bicyclic) bond motifs is 1. The molecule has 0 spiro atoms. The molecule has 6 heteroatoms. The van der Waals surface area contributed by atoms with Crippen LogP contribution in [0.5, 0.6) is 11.5 Å². The first-order valence-corrected chi connectivity index (χ1v) is 10.0. The van der Waals surface area contributed by atoms with Gasteiger partial charge in [0.25, 0.3) is 0 Å². The fraction of sp³-hybridized carbons (Fsp3) is 0.217. The molecule has 3 aromatic carbocycles. The average molecular weight is 408 g/mol. The van der Waals surface area contributed by atoms with Gasteiger partial charge in [-0.3, -0.25) is 5.43 Å². The maximum Gasteiger partial charge on any atom is 0.186 e. The maximum absolute atomic E-state index is 6.04. The van der Waals surface area contributed by atoms with Gasteiger partial charge >= 0.3 is 0 Å². The fourth-order valence-electron chi connectivity index (χ4n) is 2.85. The van der Waals surface area contributed by atoms with Crippen LogP contribution >= 0.6 is 12.2 Å². The lowest BCUT2D eigenvalue weighted by Gasteiger charge is -2.13. The normalized spacial score (nSPS) is 10.8. The van der Waals surface area contributed by atoms with E-state index in [1.165, 1.54) is 10.8 Å². The highest BCUT2D eigenvalue weighted by molar-refractivity contribution is 7.80. The summed E-state index contributed by atoms with van der Waals surface area (Å²) in [6.07, 6.45) is 1.69. The summed E-state index contributed by atoms with van der Waals surface area (Å²) in [4.78, 5) is 0. The van der Waals surface area contributed by atoms with Gasteiger partial charge in [-0.15, -0.1) is 0 Å². The molecule has 3 rings (SSSR count). The molecule has 0 amide bonds. The second kappa shape index (κ2) is 10.4. The van der Waals surface area contributed by atoms with Gasteiger partial charge in [-0.25, -0.2) is 0 Å². The maximum atomic E-state index is 6.04. The van der Waals surface area contributed by atoms with Gasteiger partial charge in [-0.1, -0.05) is 36.4 Å². The molecule has 3 aromatic rings. The standard InChI is InChI=1S/C23H25N3O2S/c1-3-24-23(29)26-25-15-17-10-12-21(22(14-17)27-4-2)28-16-18-9-11-19-7-5-6-8-20(19)13-18/h5-15H,3-4,16H2,1-2H3,(H2,24,26,29)/b25-15-. The SMILES string of the molecule is CCNC(=S)N/N=C\c1ccc(OCc2ccc3ccccc3c2)c(OCC)c1.